The molecule has 0 aliphatic heterocycles. The van der Waals surface area contributed by atoms with E-state index in [2.05, 4.69) is 15.6 Å². The number of pyridine rings is 1. The van der Waals surface area contributed by atoms with E-state index in [1.54, 1.807) is 12.1 Å². The van der Waals surface area contributed by atoms with Crippen molar-refractivity contribution in [3.63, 3.8) is 0 Å². The Labute approximate surface area is 191 Å². The number of nitrogens with zero attached hydrogens (tertiary/aromatic N) is 1. The zero-order valence-electron chi connectivity index (χ0n) is 18.7. The van der Waals surface area contributed by atoms with Crippen LogP contribution in [0.3, 0.4) is 0 Å². The lowest BCUT2D eigenvalue weighted by Gasteiger charge is -2.17. The fourth-order valence-corrected chi connectivity index (χ4v) is 3.45. The van der Waals surface area contributed by atoms with Crippen LogP contribution in [0.1, 0.15) is 29.3 Å². The number of anilines is 2. The van der Waals surface area contributed by atoms with Crippen LogP contribution in [0.25, 0.3) is 10.9 Å². The fraction of sp³-hybridized carbons (Fsp3) is 0.292. The minimum absolute atomic E-state index is 0.0557. The first-order valence-electron chi connectivity index (χ1n) is 10.6. The van der Waals surface area contributed by atoms with Crippen molar-refractivity contribution in [1.82, 2.24) is 10.3 Å². The van der Waals surface area contributed by atoms with Gasteiger partial charge in [-0.1, -0.05) is 25.1 Å². The molecule has 174 valence electrons. The number of primary amides is 1. The molecule has 3 rings (SSSR count). The summed E-state index contributed by atoms with van der Waals surface area (Å²) in [6, 6.07) is 11.2. The number of carbonyl (C=O) groups excluding carboxylic acids is 1. The van der Waals surface area contributed by atoms with E-state index in [0.29, 0.717) is 47.7 Å². The maximum Gasteiger partial charge on any atom is 0.339 e. The number of carboxylic acid groups (broad SMARTS) is 1. The van der Waals surface area contributed by atoms with Gasteiger partial charge in [-0.2, -0.15) is 0 Å². The number of fused-ring (bicyclic) bond motifs is 1. The number of benzene rings is 2. The third kappa shape index (κ3) is 5.89. The van der Waals surface area contributed by atoms with Crippen LogP contribution in [0.5, 0.6) is 11.5 Å². The molecular formula is C24H28N4O5. The summed E-state index contributed by atoms with van der Waals surface area (Å²) in [6.07, 6.45) is 2.77. The molecule has 0 aliphatic rings. The van der Waals surface area contributed by atoms with Gasteiger partial charge in [0.05, 0.1) is 31.5 Å². The first-order chi connectivity index (χ1) is 15.9. The maximum atomic E-state index is 12.0. The Kier molecular flexibility index (Phi) is 8.04. The monoisotopic (exact) mass is 452 g/mol. The number of para-hydroxylation sites is 1. The Morgan fingerprint density at radius 1 is 1.18 bits per heavy atom. The van der Waals surface area contributed by atoms with E-state index in [4.69, 9.17) is 15.2 Å². The molecule has 0 aliphatic carbocycles. The summed E-state index contributed by atoms with van der Waals surface area (Å²) in [5.41, 5.74) is 8.06. The van der Waals surface area contributed by atoms with E-state index >= 15 is 0 Å². The van der Waals surface area contributed by atoms with Crippen LogP contribution in [0.2, 0.25) is 0 Å². The van der Waals surface area contributed by atoms with Crippen LogP contribution in [0, 0.1) is 0 Å². The van der Waals surface area contributed by atoms with Crippen molar-refractivity contribution in [3.8, 4) is 11.5 Å². The first-order valence-corrected chi connectivity index (χ1v) is 10.6. The molecule has 5 N–H and O–H groups in total. The molecule has 1 heterocycles. The summed E-state index contributed by atoms with van der Waals surface area (Å²) in [4.78, 5) is 27.1. The van der Waals surface area contributed by atoms with Crippen molar-refractivity contribution in [2.75, 3.05) is 32.1 Å². The minimum atomic E-state index is -1.08. The molecule has 0 fully saturated rings. The number of carbonyl (C=O) groups is 2. The molecule has 1 aromatic heterocycles. The molecule has 2 aromatic carbocycles. The second-order valence-electron chi connectivity index (χ2n) is 7.35. The van der Waals surface area contributed by atoms with Crippen molar-refractivity contribution < 1.29 is 24.2 Å². The van der Waals surface area contributed by atoms with Crippen molar-refractivity contribution in [2.45, 2.75) is 19.8 Å². The Morgan fingerprint density at radius 2 is 1.97 bits per heavy atom. The van der Waals surface area contributed by atoms with Gasteiger partial charge in [-0.3, -0.25) is 9.78 Å². The van der Waals surface area contributed by atoms with Crippen molar-refractivity contribution in [3.05, 3.63) is 53.7 Å². The minimum Gasteiger partial charge on any atom is -0.493 e. The second-order valence-corrected chi connectivity index (χ2v) is 7.35. The van der Waals surface area contributed by atoms with Gasteiger partial charge in [-0.25, -0.2) is 4.79 Å². The number of aromatic nitrogens is 1. The van der Waals surface area contributed by atoms with Gasteiger partial charge >= 0.3 is 5.97 Å². The number of methoxy groups -OCH3 is 1. The summed E-state index contributed by atoms with van der Waals surface area (Å²) in [6.45, 7) is 3.07. The van der Waals surface area contributed by atoms with Crippen LogP contribution in [0.15, 0.2) is 42.6 Å². The van der Waals surface area contributed by atoms with Gasteiger partial charge in [0.2, 0.25) is 5.91 Å². The largest absolute Gasteiger partial charge is 0.493 e. The molecule has 0 saturated carbocycles. The Morgan fingerprint density at radius 3 is 2.67 bits per heavy atom. The molecule has 33 heavy (non-hydrogen) atoms. The number of carboxylic acids is 1. The molecule has 9 nitrogen and oxygen atoms in total. The smallest absolute Gasteiger partial charge is 0.339 e. The quantitative estimate of drug-likeness (QED) is 0.308. The van der Waals surface area contributed by atoms with Gasteiger partial charge in [0, 0.05) is 23.3 Å². The van der Waals surface area contributed by atoms with Crippen LogP contribution < -0.4 is 25.8 Å². The second kappa shape index (κ2) is 11.1. The van der Waals surface area contributed by atoms with Crippen molar-refractivity contribution in [2.24, 2.45) is 5.73 Å². The number of nitrogens with two attached hydrogens (primary N) is 1. The summed E-state index contributed by atoms with van der Waals surface area (Å²) < 4.78 is 11.4. The molecule has 0 saturated heterocycles. The highest BCUT2D eigenvalue weighted by Gasteiger charge is 2.18. The van der Waals surface area contributed by atoms with E-state index in [1.165, 1.54) is 13.3 Å². The SMILES string of the molecule is CCc1ccccc1Nc1c(C(=O)O)cnc2cc(OC)c(OCCCNCC(N)=O)cc12. The number of aromatic carboxylic acids is 1. The first kappa shape index (κ1) is 23.8. The van der Waals surface area contributed by atoms with Gasteiger partial charge < -0.3 is 30.9 Å². The van der Waals surface area contributed by atoms with Gasteiger partial charge in [0.15, 0.2) is 11.5 Å². The highest BCUT2D eigenvalue weighted by Crippen LogP contribution is 2.37. The Balaban J connectivity index is 1.96. The van der Waals surface area contributed by atoms with E-state index in [-0.39, 0.29) is 12.1 Å². The molecule has 3 aromatic rings. The normalized spacial score (nSPS) is 10.7. The lowest BCUT2D eigenvalue weighted by atomic mass is 10.1. The lowest BCUT2D eigenvalue weighted by molar-refractivity contribution is -0.117. The van der Waals surface area contributed by atoms with Crippen LogP contribution in [-0.2, 0) is 11.2 Å². The number of ether oxygens (including phenoxy) is 2. The third-order valence-electron chi connectivity index (χ3n) is 5.10. The van der Waals surface area contributed by atoms with Crippen molar-refractivity contribution >= 4 is 34.2 Å². The van der Waals surface area contributed by atoms with E-state index < -0.39 is 11.9 Å². The van der Waals surface area contributed by atoms with Gasteiger partial charge in [-0.15, -0.1) is 0 Å². The molecule has 1 amide bonds. The van der Waals surface area contributed by atoms with Crippen molar-refractivity contribution in [1.29, 1.82) is 0 Å². The van der Waals surface area contributed by atoms with Gasteiger partial charge in [0.25, 0.3) is 0 Å². The van der Waals surface area contributed by atoms with E-state index in [1.807, 2.05) is 31.2 Å². The number of amides is 1. The molecule has 0 radical (unpaired) electrons. The van der Waals surface area contributed by atoms with Gasteiger partial charge in [-0.05, 0) is 37.1 Å². The molecular weight excluding hydrogens is 424 g/mol. The maximum absolute atomic E-state index is 12.0. The van der Waals surface area contributed by atoms with Crippen LogP contribution in [0.4, 0.5) is 11.4 Å². The highest BCUT2D eigenvalue weighted by molar-refractivity contribution is 6.06. The zero-order chi connectivity index (χ0) is 23.8. The summed E-state index contributed by atoms with van der Waals surface area (Å²) >= 11 is 0. The topological polar surface area (TPSA) is 136 Å². The predicted octanol–water partition coefficient (Wildman–Crippen LogP) is 3.09. The third-order valence-corrected chi connectivity index (χ3v) is 5.10. The Hall–Kier alpha value is -3.85. The average Bonchev–Trinajstić information content (AvgIpc) is 2.81. The number of hydrogen-bond acceptors (Lipinski definition) is 7. The molecule has 9 heteroatoms. The molecule has 0 bridgehead atoms. The predicted molar refractivity (Wildman–Crippen MR) is 127 cm³/mol. The number of nitrogens with one attached hydrogen (secondary N) is 2. The summed E-state index contributed by atoms with van der Waals surface area (Å²) in [5.74, 6) is -0.544. The van der Waals surface area contributed by atoms with Gasteiger partial charge in [0.1, 0.15) is 5.56 Å². The lowest BCUT2D eigenvalue weighted by Crippen LogP contribution is -2.29. The Bertz CT molecular complexity index is 1150. The van der Waals surface area contributed by atoms with Crippen LogP contribution >= 0.6 is 0 Å². The van der Waals surface area contributed by atoms with E-state index in [9.17, 15) is 14.7 Å². The van der Waals surface area contributed by atoms with E-state index in [0.717, 1.165) is 17.7 Å². The number of aryl methyl sites for hydroxylation is 1. The zero-order valence-corrected chi connectivity index (χ0v) is 18.7. The average molecular weight is 453 g/mol. The summed E-state index contributed by atoms with van der Waals surface area (Å²) in [5, 5.41) is 16.6. The molecule has 0 unspecified atom stereocenters. The molecule has 0 spiro atoms. The fourth-order valence-electron chi connectivity index (χ4n) is 3.45. The van der Waals surface area contributed by atoms with Crippen LogP contribution in [-0.4, -0.2) is 48.8 Å². The standard InChI is InChI=1S/C24H28N4O5/c1-3-15-7-4-5-8-18(15)28-23-16-11-21(33-10-6-9-26-14-22(25)29)20(32-2)12-19(16)27-13-17(23)24(30)31/h4-5,7-8,11-13,26H,3,6,9-10,14H2,1-2H3,(H2,25,29)(H,27,28)(H,30,31). The molecule has 0 atom stereocenters. The summed E-state index contributed by atoms with van der Waals surface area (Å²) in [7, 11) is 1.53. The number of hydrogen-bond donors (Lipinski definition) is 4. The highest BCUT2D eigenvalue weighted by atomic mass is 16.5. The number of rotatable bonds is 12.